The Kier molecular flexibility index (Phi) is 9.57. The van der Waals surface area contributed by atoms with E-state index in [1.54, 1.807) is 6.92 Å². The molecule has 0 radical (unpaired) electrons. The fourth-order valence-corrected chi connectivity index (χ4v) is 4.62. The third-order valence-electron chi connectivity index (χ3n) is 7.07. The van der Waals surface area contributed by atoms with Crippen molar-refractivity contribution in [1.82, 2.24) is 39.0 Å². The molecular weight excluding hydrogens is 605 g/mol. The molecule has 0 spiro atoms. The van der Waals surface area contributed by atoms with Crippen molar-refractivity contribution in [2.75, 3.05) is 25.2 Å². The molecule has 2 fully saturated rings. The van der Waals surface area contributed by atoms with Gasteiger partial charge in [0.25, 0.3) is 0 Å². The van der Waals surface area contributed by atoms with E-state index in [0.717, 1.165) is 18.0 Å². The number of halogens is 2. The molecule has 45 heavy (non-hydrogen) atoms. The van der Waals surface area contributed by atoms with E-state index in [9.17, 15) is 19.0 Å². The average molecular weight is 641 g/mol. The van der Waals surface area contributed by atoms with E-state index < -0.39 is 67.2 Å². The maximum atomic E-state index is 13.5. The fraction of sp³-hybridized carbons (Fsp3) is 0.481. The number of hydrogen-bond donors (Lipinski definition) is 4. The van der Waals surface area contributed by atoms with Gasteiger partial charge in [0.1, 0.15) is 24.2 Å². The van der Waals surface area contributed by atoms with Crippen molar-refractivity contribution in [3.63, 3.8) is 0 Å². The molecule has 0 amide bonds. The largest absolute Gasteiger partial charge is 1.00 e. The van der Waals surface area contributed by atoms with Crippen LogP contribution in [0.15, 0.2) is 12.7 Å². The number of hydrogen-bond acceptors (Lipinski definition) is 13. The van der Waals surface area contributed by atoms with Gasteiger partial charge < -0.3 is 36.3 Å². The summed E-state index contributed by atoms with van der Waals surface area (Å²) in [7, 11) is 0.750. The Balaban J connectivity index is 0.000000248. The van der Waals surface area contributed by atoms with Crippen molar-refractivity contribution in [3.8, 4) is 24.7 Å². The van der Waals surface area contributed by atoms with E-state index in [1.807, 2.05) is 6.92 Å². The number of nitrogen functional groups attached to an aromatic ring is 2. The summed E-state index contributed by atoms with van der Waals surface area (Å²) >= 11 is 0. The molecule has 6 rings (SSSR count). The molecule has 0 bridgehead atoms. The van der Waals surface area contributed by atoms with Gasteiger partial charge in [-0.15, -0.1) is 12.8 Å². The Morgan fingerprint density at radius 2 is 1.42 bits per heavy atom. The molecule has 4 aromatic rings. The molecule has 2 aliphatic rings. The number of imidazole rings is 2. The Labute approximate surface area is 284 Å². The van der Waals surface area contributed by atoms with Crippen LogP contribution < -0.4 is 46.1 Å². The number of nitrogens with zero attached hydrogens (tertiary/aromatic N) is 8. The van der Waals surface area contributed by atoms with Gasteiger partial charge in [0.2, 0.25) is 0 Å². The first-order valence-corrected chi connectivity index (χ1v) is 12.9. The third-order valence-corrected chi connectivity index (χ3v) is 7.07. The van der Waals surface area contributed by atoms with Gasteiger partial charge in [0, 0.05) is 17.8 Å². The predicted molar refractivity (Wildman–Crippen MR) is 150 cm³/mol. The molecule has 0 saturated carbocycles. The normalized spacial score (nSPS) is 30.6. The van der Waals surface area contributed by atoms with Crippen LogP contribution in [0.4, 0.5) is 20.4 Å². The van der Waals surface area contributed by atoms with Gasteiger partial charge in [-0.1, -0.05) is 25.7 Å². The molecule has 18 heteroatoms. The summed E-state index contributed by atoms with van der Waals surface area (Å²) in [4.78, 5) is 21.9. The van der Waals surface area contributed by atoms with Gasteiger partial charge in [0.05, 0.1) is 19.3 Å². The molecular formula is C27H31F2N10NaO5. The molecule has 234 valence electrons. The average Bonchev–Trinajstić information content (AvgIpc) is 3.76. The Hall–Kier alpha value is -3.52. The Morgan fingerprint density at radius 3 is 1.80 bits per heavy atom. The maximum Gasteiger partial charge on any atom is 1.00 e. The monoisotopic (exact) mass is 640 g/mol. The number of anilines is 2. The molecule has 0 aromatic carbocycles. The Morgan fingerprint density at radius 1 is 0.978 bits per heavy atom. The van der Waals surface area contributed by atoms with Crippen molar-refractivity contribution in [3.05, 3.63) is 24.8 Å². The maximum absolute atomic E-state index is 13.5. The first kappa shape index (κ1) is 30.2. The zero-order valence-corrected chi connectivity index (χ0v) is 26.6. The van der Waals surface area contributed by atoms with Crippen LogP contribution in [0.1, 0.15) is 51.0 Å². The van der Waals surface area contributed by atoms with E-state index in [2.05, 4.69) is 41.7 Å². The zero-order chi connectivity index (χ0) is 36.0. The van der Waals surface area contributed by atoms with E-state index in [-0.39, 0.29) is 63.5 Å². The van der Waals surface area contributed by atoms with Crippen molar-refractivity contribution >= 4 is 34.0 Å². The van der Waals surface area contributed by atoms with E-state index in [1.165, 1.54) is 10.9 Å². The van der Waals surface area contributed by atoms with Gasteiger partial charge in [0.15, 0.2) is 39.6 Å². The second-order valence-corrected chi connectivity index (χ2v) is 9.38. The van der Waals surface area contributed by atoms with Crippen molar-refractivity contribution in [2.24, 2.45) is 5.92 Å². The number of aromatic nitrogens is 8. The minimum Gasteiger partial charge on any atom is -0.857 e. The second kappa shape index (κ2) is 14.3. The van der Waals surface area contributed by atoms with Crippen molar-refractivity contribution < 1.29 is 68.6 Å². The summed E-state index contributed by atoms with van der Waals surface area (Å²) in [6.45, 7) is 2.73. The van der Waals surface area contributed by atoms with Gasteiger partial charge in [-0.2, -0.15) is 35.8 Å². The van der Waals surface area contributed by atoms with E-state index in [4.69, 9.17) is 44.4 Å². The molecule has 6 atom stereocenters. The van der Waals surface area contributed by atoms with Crippen LogP contribution in [0.5, 0.6) is 0 Å². The first-order valence-electron chi connectivity index (χ1n) is 14.9. The van der Waals surface area contributed by atoms with Crippen LogP contribution in [0, 0.1) is 42.8 Å². The summed E-state index contributed by atoms with van der Waals surface area (Å²) in [6.07, 6.45) is 2.99. The molecule has 2 saturated heterocycles. The Bertz CT molecular complexity index is 1790. The number of rotatable bonds is 4. The molecule has 15 nitrogen and oxygen atoms in total. The minimum atomic E-state index is -2.40. The van der Waals surface area contributed by atoms with Crippen LogP contribution in [-0.2, 0) is 9.47 Å². The molecule has 0 unspecified atom stereocenters. The van der Waals surface area contributed by atoms with Crippen molar-refractivity contribution in [2.45, 2.75) is 62.8 Å². The molecule has 6 heterocycles. The fourth-order valence-electron chi connectivity index (χ4n) is 4.62. The number of nitrogens with two attached hydrogens (primary N) is 2. The minimum absolute atomic E-state index is 0. The number of aliphatic hydroxyl groups excluding tert-OH is 2. The van der Waals surface area contributed by atoms with Crippen LogP contribution >= 0.6 is 0 Å². The quantitative estimate of drug-likeness (QED) is 0.0997. The topological polar surface area (TPSA) is 221 Å². The van der Waals surface area contributed by atoms with Gasteiger partial charge >= 0.3 is 41.7 Å². The van der Waals surface area contributed by atoms with Crippen LogP contribution in [0.3, 0.4) is 0 Å². The summed E-state index contributed by atoms with van der Waals surface area (Å²) in [6, 6.07) is 0. The summed E-state index contributed by atoms with van der Waals surface area (Å²) < 4.78 is 73.4. The number of ether oxygens (including phenoxy) is 2. The molecule has 0 aliphatic carbocycles. The van der Waals surface area contributed by atoms with Crippen LogP contribution in [-0.4, -0.2) is 80.3 Å². The second-order valence-electron chi connectivity index (χ2n) is 9.38. The number of aliphatic hydroxyl groups is 2. The van der Waals surface area contributed by atoms with Gasteiger partial charge in [-0.05, 0) is 12.8 Å². The predicted octanol–water partition coefficient (Wildman–Crippen LogP) is -2.94. The van der Waals surface area contributed by atoms with Crippen molar-refractivity contribution in [1.29, 1.82) is 0 Å². The SMILES string of the molecule is C[O-].[2H]C1([2H])[C@H](n2cnc3c(N)nc(F)nc32)O[C@](C#C)(CC)[C@H]1C.[2H]C1([2H])[C@H](n2cnc3c(N)nc(F)nc32)O[C@](C#C)(CO)[C@H]1O.[Na+]. The smallest absolute Gasteiger partial charge is 0.857 e. The summed E-state index contributed by atoms with van der Waals surface area (Å²) in [5.74, 6) is 3.72. The van der Waals surface area contributed by atoms with Gasteiger partial charge in [-0.25, -0.2) is 9.97 Å². The first-order chi connectivity index (χ1) is 22.5. The number of terminal acetylenes is 2. The zero-order valence-electron chi connectivity index (χ0n) is 28.6. The summed E-state index contributed by atoms with van der Waals surface area (Å²) in [5, 5.41) is 27.8. The molecule has 6 N–H and O–H groups in total. The van der Waals surface area contributed by atoms with Crippen LogP contribution in [0.2, 0.25) is 0 Å². The molecule has 2 aliphatic heterocycles. The summed E-state index contributed by atoms with van der Waals surface area (Å²) in [5.41, 5.74) is 8.36. The van der Waals surface area contributed by atoms with E-state index >= 15 is 0 Å². The molecule has 4 aromatic heterocycles. The number of fused-ring (bicyclic) bond motifs is 2. The van der Waals surface area contributed by atoms with Gasteiger partial charge in [-0.3, -0.25) is 9.13 Å². The van der Waals surface area contributed by atoms with Crippen LogP contribution in [0.25, 0.3) is 22.3 Å². The third kappa shape index (κ3) is 6.44. The van der Waals surface area contributed by atoms with E-state index in [0.29, 0.717) is 6.42 Å². The standard InChI is InChI=1S/C14H16FN5O.C12H12FN5O3.CH3O.Na/c1-4-14(5-2)8(3)6-9(21-14)20-7-17-10-11(16)18-13(15)19-12(10)20;1-2-12(4-19)6(20)3-7(21-12)18-5-15-8-9(14)16-11(13)17-10(8)18;1-2;/h1,7-9H,5-6H2,2-3H3,(H2,16,18,19);1,5-7,19-20H,3-4H2,(H2,14,16,17);1H3;/q;;-1;+1/t8-,9+,14+;6-,7+,12+;;/m00../s1/i6D2;3D2;;.